The second kappa shape index (κ2) is 7.43. The van der Waals surface area contributed by atoms with Crippen LogP contribution in [0.25, 0.3) is 0 Å². The van der Waals surface area contributed by atoms with Crippen molar-refractivity contribution < 1.29 is 9.18 Å². The molecule has 1 aliphatic rings. The summed E-state index contributed by atoms with van der Waals surface area (Å²) in [6.45, 7) is 5.65. The van der Waals surface area contributed by atoms with Gasteiger partial charge in [-0.2, -0.15) is 0 Å². The quantitative estimate of drug-likeness (QED) is 0.902. The Balaban J connectivity index is 1.86. The van der Waals surface area contributed by atoms with E-state index in [1.807, 2.05) is 11.0 Å². The lowest BCUT2D eigenvalue weighted by Crippen LogP contribution is -2.43. The van der Waals surface area contributed by atoms with Crippen molar-refractivity contribution in [1.82, 2.24) is 5.32 Å². The topological polar surface area (TPSA) is 32.3 Å². The van der Waals surface area contributed by atoms with Gasteiger partial charge >= 0.3 is 0 Å². The number of piperidine rings is 1. The molecular weight excluding hydrogens is 267 g/mol. The molecule has 1 aromatic rings. The number of benzene rings is 1. The monoisotopic (exact) mass is 292 g/mol. The van der Waals surface area contributed by atoms with E-state index in [1.165, 1.54) is 6.07 Å². The lowest BCUT2D eigenvalue weighted by atomic mass is 9.95. The van der Waals surface area contributed by atoms with Crippen LogP contribution in [0.2, 0.25) is 0 Å². The summed E-state index contributed by atoms with van der Waals surface area (Å²) in [6.07, 6.45) is 3.67. The van der Waals surface area contributed by atoms with Crippen LogP contribution in [0.15, 0.2) is 24.3 Å². The van der Waals surface area contributed by atoms with E-state index in [-0.39, 0.29) is 23.7 Å². The zero-order valence-corrected chi connectivity index (χ0v) is 12.9. The molecular formula is C17H25FN2O. The van der Waals surface area contributed by atoms with Crippen LogP contribution >= 0.6 is 0 Å². The maximum atomic E-state index is 13.8. The van der Waals surface area contributed by atoms with E-state index in [4.69, 9.17) is 0 Å². The van der Waals surface area contributed by atoms with E-state index in [9.17, 15) is 9.18 Å². The van der Waals surface area contributed by atoms with Crippen molar-refractivity contribution in [2.24, 2.45) is 5.92 Å². The van der Waals surface area contributed by atoms with Gasteiger partial charge in [-0.1, -0.05) is 25.5 Å². The first-order valence-electron chi connectivity index (χ1n) is 7.91. The Morgan fingerprint density at radius 2 is 2.05 bits per heavy atom. The molecule has 21 heavy (non-hydrogen) atoms. The highest BCUT2D eigenvalue weighted by Crippen LogP contribution is 2.25. The second-order valence-corrected chi connectivity index (χ2v) is 5.91. The van der Waals surface area contributed by atoms with Gasteiger partial charge in [0.05, 0.1) is 5.69 Å². The van der Waals surface area contributed by atoms with Crippen molar-refractivity contribution in [3.8, 4) is 0 Å². The lowest BCUT2D eigenvalue weighted by Gasteiger charge is -2.33. The van der Waals surface area contributed by atoms with E-state index in [1.54, 1.807) is 12.1 Å². The molecule has 1 aliphatic heterocycles. The van der Waals surface area contributed by atoms with E-state index in [0.29, 0.717) is 5.69 Å². The zero-order chi connectivity index (χ0) is 15.2. The fourth-order valence-electron chi connectivity index (χ4n) is 2.96. The number of nitrogens with zero attached hydrogens (tertiary/aromatic N) is 1. The molecule has 2 rings (SSSR count). The third-order valence-corrected chi connectivity index (χ3v) is 4.17. The number of para-hydroxylation sites is 1. The molecule has 1 heterocycles. The molecule has 0 spiro atoms. The van der Waals surface area contributed by atoms with Gasteiger partial charge in [0.25, 0.3) is 0 Å². The molecule has 0 aliphatic carbocycles. The second-order valence-electron chi connectivity index (χ2n) is 5.91. The van der Waals surface area contributed by atoms with Gasteiger partial charge < -0.3 is 10.2 Å². The molecule has 1 N–H and O–H groups in total. The predicted molar refractivity (Wildman–Crippen MR) is 83.8 cm³/mol. The van der Waals surface area contributed by atoms with Crippen molar-refractivity contribution in [3.05, 3.63) is 30.1 Å². The highest BCUT2D eigenvalue weighted by atomic mass is 19.1. The summed E-state index contributed by atoms with van der Waals surface area (Å²) in [5, 5.41) is 3.08. The number of hydrogen-bond acceptors (Lipinski definition) is 2. The highest BCUT2D eigenvalue weighted by Gasteiger charge is 2.26. The minimum atomic E-state index is -0.183. The maximum absolute atomic E-state index is 13.8. The Bertz CT molecular complexity index is 470. The van der Waals surface area contributed by atoms with Gasteiger partial charge in [0.2, 0.25) is 5.91 Å². The van der Waals surface area contributed by atoms with Crippen LogP contribution < -0.4 is 10.2 Å². The average molecular weight is 292 g/mol. The Morgan fingerprint density at radius 3 is 2.67 bits per heavy atom. The first-order valence-corrected chi connectivity index (χ1v) is 7.91. The van der Waals surface area contributed by atoms with Crippen LogP contribution in [0, 0.1) is 11.7 Å². The predicted octanol–water partition coefficient (Wildman–Crippen LogP) is 3.35. The number of rotatable bonds is 5. The summed E-state index contributed by atoms with van der Waals surface area (Å²) < 4.78 is 13.8. The van der Waals surface area contributed by atoms with Crippen LogP contribution in [-0.2, 0) is 4.79 Å². The van der Waals surface area contributed by atoms with Gasteiger partial charge in [0.15, 0.2) is 0 Å². The van der Waals surface area contributed by atoms with Crippen molar-refractivity contribution in [2.45, 2.75) is 45.6 Å². The van der Waals surface area contributed by atoms with Crippen molar-refractivity contribution in [2.75, 3.05) is 18.0 Å². The zero-order valence-electron chi connectivity index (χ0n) is 12.9. The molecule has 1 fully saturated rings. The molecule has 3 nitrogen and oxygen atoms in total. The number of halogens is 1. The summed E-state index contributed by atoms with van der Waals surface area (Å²) in [4.78, 5) is 14.2. The molecule has 0 saturated carbocycles. The Morgan fingerprint density at radius 1 is 1.38 bits per heavy atom. The fourth-order valence-corrected chi connectivity index (χ4v) is 2.96. The summed E-state index contributed by atoms with van der Waals surface area (Å²) in [7, 11) is 0. The van der Waals surface area contributed by atoms with Crippen LogP contribution in [-0.4, -0.2) is 25.0 Å². The molecule has 1 amide bonds. The van der Waals surface area contributed by atoms with Gasteiger partial charge in [-0.3, -0.25) is 4.79 Å². The van der Waals surface area contributed by atoms with Gasteiger partial charge in [0, 0.05) is 25.0 Å². The summed E-state index contributed by atoms with van der Waals surface area (Å²) in [6, 6.07) is 7.09. The smallest absolute Gasteiger partial charge is 0.223 e. The number of carbonyl (C=O) groups is 1. The van der Waals surface area contributed by atoms with Gasteiger partial charge in [-0.25, -0.2) is 4.39 Å². The van der Waals surface area contributed by atoms with Crippen molar-refractivity contribution >= 4 is 11.6 Å². The molecule has 1 atom stereocenters. The first kappa shape index (κ1) is 15.8. The average Bonchev–Trinajstić information content (AvgIpc) is 2.48. The van der Waals surface area contributed by atoms with E-state index >= 15 is 0 Å². The normalized spacial score (nSPS) is 17.6. The summed E-state index contributed by atoms with van der Waals surface area (Å²) >= 11 is 0. The Labute approximate surface area is 126 Å². The molecule has 1 unspecified atom stereocenters. The third-order valence-electron chi connectivity index (χ3n) is 4.17. The molecule has 1 aromatic carbocycles. The minimum absolute atomic E-state index is 0.0623. The Hall–Kier alpha value is -1.58. The molecule has 0 radical (unpaired) electrons. The molecule has 0 bridgehead atoms. The largest absolute Gasteiger partial charge is 0.369 e. The van der Waals surface area contributed by atoms with E-state index < -0.39 is 0 Å². The number of amides is 1. The van der Waals surface area contributed by atoms with Gasteiger partial charge in [-0.15, -0.1) is 0 Å². The minimum Gasteiger partial charge on any atom is -0.369 e. The summed E-state index contributed by atoms with van der Waals surface area (Å²) in [5.41, 5.74) is 0.649. The SMILES string of the molecule is CCCC(C)NC(=O)C1CCN(c2ccccc2F)CC1. The number of anilines is 1. The summed E-state index contributed by atoms with van der Waals surface area (Å²) in [5.74, 6) is 0.0356. The molecule has 1 saturated heterocycles. The molecule has 116 valence electrons. The van der Waals surface area contributed by atoms with Gasteiger partial charge in [-0.05, 0) is 38.3 Å². The molecule has 0 aromatic heterocycles. The first-order chi connectivity index (χ1) is 10.1. The lowest BCUT2D eigenvalue weighted by molar-refractivity contribution is -0.126. The molecule has 4 heteroatoms. The van der Waals surface area contributed by atoms with Gasteiger partial charge in [0.1, 0.15) is 5.82 Å². The number of carbonyl (C=O) groups excluding carboxylic acids is 1. The van der Waals surface area contributed by atoms with Crippen LogP contribution in [0.4, 0.5) is 10.1 Å². The van der Waals surface area contributed by atoms with Crippen LogP contribution in [0.1, 0.15) is 39.5 Å². The third kappa shape index (κ3) is 4.19. The maximum Gasteiger partial charge on any atom is 0.223 e. The highest BCUT2D eigenvalue weighted by molar-refractivity contribution is 5.79. The van der Waals surface area contributed by atoms with E-state index in [0.717, 1.165) is 38.8 Å². The standard InChI is InChI=1S/C17H25FN2O/c1-3-6-13(2)19-17(21)14-9-11-20(12-10-14)16-8-5-4-7-15(16)18/h4-5,7-8,13-14H,3,6,9-12H2,1-2H3,(H,19,21). The Kier molecular flexibility index (Phi) is 5.59. The fraction of sp³-hybridized carbons (Fsp3) is 0.588. The van der Waals surface area contributed by atoms with E-state index in [2.05, 4.69) is 19.2 Å². The van der Waals surface area contributed by atoms with Crippen LogP contribution in [0.5, 0.6) is 0 Å². The number of hydrogen-bond donors (Lipinski definition) is 1. The number of nitrogens with one attached hydrogen (secondary N) is 1. The van der Waals surface area contributed by atoms with Crippen molar-refractivity contribution in [1.29, 1.82) is 0 Å². The van der Waals surface area contributed by atoms with Crippen molar-refractivity contribution in [3.63, 3.8) is 0 Å². The van der Waals surface area contributed by atoms with Crippen LogP contribution in [0.3, 0.4) is 0 Å².